The van der Waals surface area contributed by atoms with Crippen molar-refractivity contribution in [1.82, 2.24) is 0 Å². The molecular weight excluding hydrogens is 212 g/mol. The van der Waals surface area contributed by atoms with Crippen LogP contribution in [-0.2, 0) is 4.74 Å². The molecule has 1 nitrogen and oxygen atoms in total. The lowest BCUT2D eigenvalue weighted by atomic mass is 9.97. The van der Waals surface area contributed by atoms with Gasteiger partial charge in [0, 0.05) is 11.9 Å². The zero-order valence-corrected chi connectivity index (χ0v) is 10.8. The average molecular weight is 232 g/mol. The first-order valence-corrected chi connectivity index (χ1v) is 8.13. The topological polar surface area (TPSA) is 9.23 Å². The highest BCUT2D eigenvalue weighted by molar-refractivity contribution is 7.99. The van der Waals surface area contributed by atoms with Crippen LogP contribution in [0.15, 0.2) is 0 Å². The number of rotatable bonds is 3. The van der Waals surface area contributed by atoms with E-state index in [1.807, 2.05) is 23.5 Å². The van der Waals surface area contributed by atoms with Gasteiger partial charge in [-0.3, -0.25) is 0 Å². The molecule has 82 valence electrons. The van der Waals surface area contributed by atoms with Crippen LogP contribution < -0.4 is 0 Å². The summed E-state index contributed by atoms with van der Waals surface area (Å²) in [5.74, 6) is 2.20. The van der Waals surface area contributed by atoms with Gasteiger partial charge in [0.05, 0.1) is 5.60 Å². The zero-order valence-electron chi connectivity index (χ0n) is 9.12. The highest BCUT2D eigenvalue weighted by Crippen LogP contribution is 2.48. The van der Waals surface area contributed by atoms with E-state index in [0.29, 0.717) is 5.60 Å². The summed E-state index contributed by atoms with van der Waals surface area (Å²) >= 11 is 4.04. The fourth-order valence-electron chi connectivity index (χ4n) is 2.96. The van der Waals surface area contributed by atoms with Crippen LogP contribution in [0.5, 0.6) is 0 Å². The van der Waals surface area contributed by atoms with Crippen LogP contribution in [0.4, 0.5) is 0 Å². The van der Waals surface area contributed by atoms with E-state index in [9.17, 15) is 0 Å². The molecule has 0 aromatic heterocycles. The Balaban J connectivity index is 1.99. The third kappa shape index (κ3) is 2.10. The minimum Gasteiger partial charge on any atom is -0.375 e. The second kappa shape index (κ2) is 4.67. The molecule has 0 aromatic rings. The summed E-state index contributed by atoms with van der Waals surface area (Å²) in [6.45, 7) is 1.01. The van der Waals surface area contributed by atoms with E-state index in [1.54, 1.807) is 0 Å². The maximum atomic E-state index is 5.99. The van der Waals surface area contributed by atoms with Crippen molar-refractivity contribution in [3.05, 3.63) is 0 Å². The Labute approximate surface area is 95.7 Å². The van der Waals surface area contributed by atoms with Crippen molar-refractivity contribution in [3.8, 4) is 0 Å². The van der Waals surface area contributed by atoms with Crippen LogP contribution in [0.1, 0.15) is 25.7 Å². The van der Waals surface area contributed by atoms with Crippen LogP contribution in [0.2, 0.25) is 0 Å². The molecule has 0 bridgehead atoms. The smallest absolute Gasteiger partial charge is 0.0697 e. The van der Waals surface area contributed by atoms with E-state index in [2.05, 4.69) is 12.5 Å². The highest BCUT2D eigenvalue weighted by Gasteiger charge is 2.47. The molecule has 0 aromatic carbocycles. The van der Waals surface area contributed by atoms with Gasteiger partial charge in [-0.25, -0.2) is 0 Å². The van der Waals surface area contributed by atoms with Gasteiger partial charge >= 0.3 is 0 Å². The van der Waals surface area contributed by atoms with E-state index in [1.165, 1.54) is 31.4 Å². The maximum Gasteiger partial charge on any atom is 0.0697 e. The summed E-state index contributed by atoms with van der Waals surface area (Å²) in [5, 5.41) is 0.848. The number of thioether (sulfide) groups is 2. The molecule has 0 amide bonds. The monoisotopic (exact) mass is 232 g/mol. The van der Waals surface area contributed by atoms with Crippen molar-refractivity contribution in [2.75, 3.05) is 24.9 Å². The number of hydrogen-bond acceptors (Lipinski definition) is 3. The first-order chi connectivity index (χ1) is 6.79. The van der Waals surface area contributed by atoms with E-state index < -0.39 is 0 Å². The fraction of sp³-hybridized carbons (Fsp3) is 1.00. The highest BCUT2D eigenvalue weighted by atomic mass is 32.2. The van der Waals surface area contributed by atoms with Gasteiger partial charge in [-0.1, -0.05) is 0 Å². The van der Waals surface area contributed by atoms with Crippen LogP contribution in [0.3, 0.4) is 0 Å². The van der Waals surface area contributed by atoms with Crippen molar-refractivity contribution in [2.24, 2.45) is 5.92 Å². The predicted molar refractivity (Wildman–Crippen MR) is 66.3 cm³/mol. The summed E-state index contributed by atoms with van der Waals surface area (Å²) < 4.78 is 5.99. The standard InChI is InChI=1S/C11H20OS2/c1-13-8-9-6-11(4-3-5-12-11)7-10(9)14-2/h9-10H,3-8H2,1-2H3. The predicted octanol–water partition coefficient (Wildman–Crippen LogP) is 3.04. The van der Waals surface area contributed by atoms with E-state index in [-0.39, 0.29) is 0 Å². The molecule has 1 spiro atoms. The minimum absolute atomic E-state index is 0.300. The first-order valence-electron chi connectivity index (χ1n) is 5.45. The minimum atomic E-state index is 0.300. The first kappa shape index (κ1) is 11.2. The second-order valence-electron chi connectivity index (χ2n) is 4.53. The summed E-state index contributed by atoms with van der Waals surface area (Å²) in [6.07, 6.45) is 9.70. The van der Waals surface area contributed by atoms with Crippen LogP contribution >= 0.6 is 23.5 Å². The van der Waals surface area contributed by atoms with Crippen molar-refractivity contribution in [3.63, 3.8) is 0 Å². The lowest BCUT2D eigenvalue weighted by molar-refractivity contribution is 0.00813. The summed E-state index contributed by atoms with van der Waals surface area (Å²) in [4.78, 5) is 0. The van der Waals surface area contributed by atoms with Gasteiger partial charge < -0.3 is 4.74 Å². The molecule has 1 saturated carbocycles. The van der Waals surface area contributed by atoms with Crippen LogP contribution in [0, 0.1) is 5.92 Å². The maximum absolute atomic E-state index is 5.99. The Bertz CT molecular complexity index is 190. The Hall–Kier alpha value is 0.660. The molecule has 3 unspecified atom stereocenters. The van der Waals surface area contributed by atoms with Gasteiger partial charge in [-0.15, -0.1) is 0 Å². The molecular formula is C11H20OS2. The van der Waals surface area contributed by atoms with Crippen molar-refractivity contribution < 1.29 is 4.74 Å². The second-order valence-corrected chi connectivity index (χ2v) is 6.52. The normalized spacial score (nSPS) is 42.4. The van der Waals surface area contributed by atoms with Gasteiger partial charge in [0.15, 0.2) is 0 Å². The number of hydrogen-bond donors (Lipinski definition) is 0. The van der Waals surface area contributed by atoms with Crippen molar-refractivity contribution in [1.29, 1.82) is 0 Å². The van der Waals surface area contributed by atoms with E-state index in [4.69, 9.17) is 4.74 Å². The van der Waals surface area contributed by atoms with E-state index in [0.717, 1.165) is 17.8 Å². The molecule has 14 heavy (non-hydrogen) atoms. The molecule has 0 N–H and O–H groups in total. The molecule has 1 saturated heterocycles. The molecule has 2 fully saturated rings. The van der Waals surface area contributed by atoms with Crippen molar-refractivity contribution >= 4 is 23.5 Å². The Morgan fingerprint density at radius 3 is 2.79 bits per heavy atom. The Morgan fingerprint density at radius 1 is 1.36 bits per heavy atom. The molecule has 0 radical (unpaired) electrons. The molecule has 1 aliphatic carbocycles. The summed E-state index contributed by atoms with van der Waals surface area (Å²) in [5.41, 5.74) is 0.300. The Morgan fingerprint density at radius 2 is 2.21 bits per heavy atom. The summed E-state index contributed by atoms with van der Waals surface area (Å²) in [7, 11) is 0. The zero-order chi connectivity index (χ0) is 10.0. The SMILES string of the molecule is CSCC1CC2(CCCO2)CC1SC. The van der Waals surface area contributed by atoms with E-state index >= 15 is 0 Å². The molecule has 1 heterocycles. The molecule has 1 aliphatic heterocycles. The molecule has 2 rings (SSSR count). The lowest BCUT2D eigenvalue weighted by Gasteiger charge is -2.22. The fourth-order valence-corrected chi connectivity index (χ4v) is 4.91. The summed E-state index contributed by atoms with van der Waals surface area (Å²) in [6, 6.07) is 0. The van der Waals surface area contributed by atoms with Gasteiger partial charge in [-0.05, 0) is 49.9 Å². The van der Waals surface area contributed by atoms with Gasteiger partial charge in [0.2, 0.25) is 0 Å². The third-order valence-corrected chi connectivity index (χ3v) is 5.52. The molecule has 3 heteroatoms. The van der Waals surface area contributed by atoms with Gasteiger partial charge in [0.25, 0.3) is 0 Å². The largest absolute Gasteiger partial charge is 0.375 e. The van der Waals surface area contributed by atoms with Crippen molar-refractivity contribution in [2.45, 2.75) is 36.5 Å². The Kier molecular flexibility index (Phi) is 3.72. The van der Waals surface area contributed by atoms with Gasteiger partial charge in [-0.2, -0.15) is 23.5 Å². The number of ether oxygens (including phenoxy) is 1. The van der Waals surface area contributed by atoms with Crippen LogP contribution in [0.25, 0.3) is 0 Å². The molecule has 2 aliphatic rings. The average Bonchev–Trinajstić information content (AvgIpc) is 2.76. The quantitative estimate of drug-likeness (QED) is 0.740. The van der Waals surface area contributed by atoms with Crippen LogP contribution in [-0.4, -0.2) is 35.7 Å². The van der Waals surface area contributed by atoms with Gasteiger partial charge in [0.1, 0.15) is 0 Å². The third-order valence-electron chi connectivity index (χ3n) is 3.60. The molecule has 3 atom stereocenters. The lowest BCUT2D eigenvalue weighted by Crippen LogP contribution is -2.23.